The van der Waals surface area contributed by atoms with Crippen LogP contribution in [-0.4, -0.2) is 28.4 Å². The van der Waals surface area contributed by atoms with Crippen LogP contribution in [0, 0.1) is 0 Å². The number of esters is 1. The van der Waals surface area contributed by atoms with Gasteiger partial charge < -0.3 is 19.8 Å². The zero-order chi connectivity index (χ0) is 19.2. The molecule has 1 atom stereocenters. The average molecular weight is 388 g/mol. The van der Waals surface area contributed by atoms with E-state index in [-0.39, 0.29) is 30.7 Å². The largest absolute Gasteiger partial charge is 0.459 e. The van der Waals surface area contributed by atoms with Gasteiger partial charge in [-0.05, 0) is 17.7 Å². The van der Waals surface area contributed by atoms with Gasteiger partial charge in [0.1, 0.15) is 23.5 Å². The molecule has 0 aliphatic carbocycles. The summed E-state index contributed by atoms with van der Waals surface area (Å²) >= 11 is 1.50. The minimum Gasteiger partial charge on any atom is -0.459 e. The molecule has 8 heteroatoms. The van der Waals surface area contributed by atoms with Gasteiger partial charge in [0, 0.05) is 13.0 Å². The first-order valence-electron chi connectivity index (χ1n) is 8.50. The zero-order valence-corrected chi connectivity index (χ0v) is 15.4. The summed E-state index contributed by atoms with van der Waals surface area (Å²) in [5, 5.41) is -0.211. The maximum absolute atomic E-state index is 12.3. The molecule has 7 nitrogen and oxygen atoms in total. The van der Waals surface area contributed by atoms with Gasteiger partial charge in [-0.1, -0.05) is 30.3 Å². The van der Waals surface area contributed by atoms with Crippen molar-refractivity contribution in [3.8, 4) is 0 Å². The van der Waals surface area contributed by atoms with E-state index >= 15 is 0 Å². The maximum Gasteiger partial charge on any atom is 0.306 e. The Bertz CT molecular complexity index is 821. The highest BCUT2D eigenvalue weighted by molar-refractivity contribution is 8.00. The first kappa shape index (κ1) is 19.0. The Hall–Kier alpha value is -2.74. The summed E-state index contributed by atoms with van der Waals surface area (Å²) in [7, 11) is 0. The van der Waals surface area contributed by atoms with Crippen molar-refractivity contribution < 1.29 is 23.5 Å². The zero-order valence-electron chi connectivity index (χ0n) is 14.6. The number of carbonyl (C=O) groups excluding carboxylic acids is 3. The Labute approximate surface area is 160 Å². The van der Waals surface area contributed by atoms with Crippen LogP contribution in [-0.2, 0) is 32.3 Å². The highest BCUT2D eigenvalue weighted by Crippen LogP contribution is 2.40. The number of amides is 2. The van der Waals surface area contributed by atoms with E-state index in [0.717, 1.165) is 5.56 Å². The Morgan fingerprint density at radius 1 is 1.19 bits per heavy atom. The number of primary amides is 1. The lowest BCUT2D eigenvalue weighted by Crippen LogP contribution is -2.27. The van der Waals surface area contributed by atoms with Crippen LogP contribution in [0.2, 0.25) is 0 Å². The van der Waals surface area contributed by atoms with Crippen molar-refractivity contribution >= 4 is 29.5 Å². The molecule has 1 aromatic carbocycles. The fraction of sp³-hybridized carbons (Fsp3) is 0.316. The minimum atomic E-state index is -0.548. The second-order valence-electron chi connectivity index (χ2n) is 6.10. The van der Waals surface area contributed by atoms with Gasteiger partial charge >= 0.3 is 5.97 Å². The molecule has 1 fully saturated rings. The Kier molecular flexibility index (Phi) is 6.18. The van der Waals surface area contributed by atoms with Crippen molar-refractivity contribution in [2.75, 3.05) is 5.75 Å². The lowest BCUT2D eigenvalue weighted by atomic mass is 10.2. The minimum absolute atomic E-state index is 0.0262. The van der Waals surface area contributed by atoms with E-state index in [4.69, 9.17) is 14.9 Å². The Morgan fingerprint density at radius 3 is 2.70 bits per heavy atom. The van der Waals surface area contributed by atoms with Gasteiger partial charge in [-0.3, -0.25) is 14.4 Å². The van der Waals surface area contributed by atoms with E-state index in [1.165, 1.54) is 11.8 Å². The lowest BCUT2D eigenvalue weighted by molar-refractivity contribution is -0.146. The summed E-state index contributed by atoms with van der Waals surface area (Å²) in [6.45, 7) is 0.483. The monoisotopic (exact) mass is 388 g/mol. The van der Waals surface area contributed by atoms with Gasteiger partial charge in [0.15, 0.2) is 0 Å². The number of ether oxygens (including phenoxy) is 1. The van der Waals surface area contributed by atoms with E-state index in [1.807, 2.05) is 30.3 Å². The summed E-state index contributed by atoms with van der Waals surface area (Å²) in [6, 6.07) is 13.3. The molecule has 2 N–H and O–H groups in total. The van der Waals surface area contributed by atoms with Crippen LogP contribution in [0.4, 0.5) is 0 Å². The van der Waals surface area contributed by atoms with Crippen LogP contribution < -0.4 is 5.73 Å². The molecule has 0 radical (unpaired) electrons. The first-order chi connectivity index (χ1) is 13.0. The summed E-state index contributed by atoms with van der Waals surface area (Å²) in [5.41, 5.74) is 6.05. The molecule has 3 rings (SSSR count). The third kappa shape index (κ3) is 5.13. The number of thioether (sulfide) groups is 1. The Balaban J connectivity index is 1.60. The standard InChI is InChI=1S/C19H20N2O5S/c20-16(22)8-9-18(24)25-11-14-6-7-15(26-14)19-21(17(23)12-27-19)10-13-4-2-1-3-5-13/h1-7,19H,8-12H2,(H2,20,22). The van der Waals surface area contributed by atoms with Gasteiger partial charge in [-0.2, -0.15) is 0 Å². The molecular formula is C19H20N2O5S. The van der Waals surface area contributed by atoms with Gasteiger partial charge in [0.25, 0.3) is 0 Å². The number of benzene rings is 1. The van der Waals surface area contributed by atoms with Gasteiger partial charge in [0.05, 0.1) is 12.2 Å². The fourth-order valence-electron chi connectivity index (χ4n) is 2.69. The summed E-state index contributed by atoms with van der Waals surface area (Å²) in [4.78, 5) is 36.3. The number of furan rings is 1. The van der Waals surface area contributed by atoms with Crippen LogP contribution in [0.15, 0.2) is 46.9 Å². The third-order valence-electron chi connectivity index (χ3n) is 4.04. The van der Waals surface area contributed by atoms with Crippen LogP contribution in [0.25, 0.3) is 0 Å². The van der Waals surface area contributed by atoms with Gasteiger partial charge in [-0.25, -0.2) is 0 Å². The SMILES string of the molecule is NC(=O)CCC(=O)OCc1ccc(C2SCC(=O)N2Cc2ccccc2)o1. The molecule has 1 saturated heterocycles. The van der Waals surface area contributed by atoms with E-state index in [0.29, 0.717) is 23.8 Å². The predicted octanol–water partition coefficient (Wildman–Crippen LogP) is 2.36. The van der Waals surface area contributed by atoms with Crippen molar-refractivity contribution in [2.24, 2.45) is 5.73 Å². The maximum atomic E-state index is 12.3. The number of hydrogen-bond donors (Lipinski definition) is 1. The fourth-order valence-corrected chi connectivity index (χ4v) is 3.82. The van der Waals surface area contributed by atoms with Crippen LogP contribution in [0.3, 0.4) is 0 Å². The first-order valence-corrected chi connectivity index (χ1v) is 9.55. The van der Waals surface area contributed by atoms with E-state index in [2.05, 4.69) is 0 Å². The molecule has 142 valence electrons. The second-order valence-corrected chi connectivity index (χ2v) is 7.17. The predicted molar refractivity (Wildman–Crippen MR) is 99.1 cm³/mol. The molecule has 1 unspecified atom stereocenters. The smallest absolute Gasteiger partial charge is 0.306 e. The topological polar surface area (TPSA) is 103 Å². The third-order valence-corrected chi connectivity index (χ3v) is 5.26. The van der Waals surface area contributed by atoms with Gasteiger partial charge in [-0.15, -0.1) is 11.8 Å². The van der Waals surface area contributed by atoms with E-state index < -0.39 is 11.9 Å². The molecule has 2 heterocycles. The average Bonchev–Trinajstić information content (AvgIpc) is 3.26. The normalized spacial score (nSPS) is 16.5. The molecular weight excluding hydrogens is 368 g/mol. The summed E-state index contributed by atoms with van der Waals surface area (Å²) in [5.74, 6) is 0.526. The lowest BCUT2D eigenvalue weighted by Gasteiger charge is -2.22. The number of nitrogens with two attached hydrogens (primary N) is 1. The van der Waals surface area contributed by atoms with Crippen molar-refractivity contribution in [1.29, 1.82) is 0 Å². The Morgan fingerprint density at radius 2 is 1.96 bits per heavy atom. The van der Waals surface area contributed by atoms with Crippen molar-refractivity contribution in [2.45, 2.75) is 31.4 Å². The quantitative estimate of drug-likeness (QED) is 0.697. The van der Waals surface area contributed by atoms with E-state index in [1.54, 1.807) is 17.0 Å². The number of nitrogens with zero attached hydrogens (tertiary/aromatic N) is 1. The van der Waals surface area contributed by atoms with Crippen molar-refractivity contribution in [3.63, 3.8) is 0 Å². The van der Waals surface area contributed by atoms with Crippen molar-refractivity contribution in [3.05, 3.63) is 59.5 Å². The molecule has 1 aliphatic heterocycles. The summed E-state index contributed by atoms with van der Waals surface area (Å²) in [6.07, 6.45) is -0.0990. The molecule has 2 aromatic rings. The number of rotatable bonds is 8. The highest BCUT2D eigenvalue weighted by atomic mass is 32.2. The van der Waals surface area contributed by atoms with Crippen molar-refractivity contribution in [1.82, 2.24) is 4.90 Å². The van der Waals surface area contributed by atoms with E-state index in [9.17, 15) is 14.4 Å². The number of hydrogen-bond acceptors (Lipinski definition) is 6. The molecule has 0 spiro atoms. The molecule has 2 amide bonds. The van der Waals surface area contributed by atoms with Crippen LogP contribution in [0.1, 0.15) is 35.3 Å². The molecule has 27 heavy (non-hydrogen) atoms. The molecule has 1 aromatic heterocycles. The van der Waals surface area contributed by atoms with Crippen LogP contribution in [0.5, 0.6) is 0 Å². The second kappa shape index (κ2) is 8.77. The van der Waals surface area contributed by atoms with Crippen LogP contribution >= 0.6 is 11.8 Å². The highest BCUT2D eigenvalue weighted by Gasteiger charge is 2.34. The molecule has 1 aliphatic rings. The molecule has 0 bridgehead atoms. The summed E-state index contributed by atoms with van der Waals surface area (Å²) < 4.78 is 10.8. The van der Waals surface area contributed by atoms with Gasteiger partial charge in [0.2, 0.25) is 11.8 Å². The molecule has 0 saturated carbocycles. The number of carbonyl (C=O) groups is 3.